The first-order valence-electron chi connectivity index (χ1n) is 7.92. The van der Waals surface area contributed by atoms with Crippen molar-refractivity contribution in [3.05, 3.63) is 68.8 Å². The zero-order valence-corrected chi connectivity index (χ0v) is 16.7. The fraction of sp³-hybridized carbons (Fsp3) is 0.294. The lowest BCUT2D eigenvalue weighted by Crippen LogP contribution is -2.18. The lowest BCUT2D eigenvalue weighted by molar-refractivity contribution is -0.458. The van der Waals surface area contributed by atoms with Crippen LogP contribution in [0, 0.1) is 30.9 Å². The maximum Gasteiger partial charge on any atom is 0.305 e. The first-order chi connectivity index (χ1) is 12.4. The van der Waals surface area contributed by atoms with Gasteiger partial charge in [-0.3, -0.25) is 14.8 Å². The number of anilines is 1. The van der Waals surface area contributed by atoms with Gasteiger partial charge in [0, 0.05) is 10.6 Å². The van der Waals surface area contributed by atoms with E-state index in [1.165, 1.54) is 26.0 Å². The van der Waals surface area contributed by atoms with E-state index in [2.05, 4.69) is 4.72 Å². The van der Waals surface area contributed by atoms with E-state index in [1.54, 1.807) is 12.1 Å². The summed E-state index contributed by atoms with van der Waals surface area (Å²) in [5.41, 5.74) is 2.19. The predicted octanol–water partition coefficient (Wildman–Crippen LogP) is 2.56. The summed E-state index contributed by atoms with van der Waals surface area (Å²) in [5.74, 6) is -1.44. The smallest absolute Gasteiger partial charge is 0.283 e. The second kappa shape index (κ2) is 7.65. The number of nitrogens with zero attached hydrogens (tertiary/aromatic N) is 1. The molecule has 0 aliphatic carbocycles. The summed E-state index contributed by atoms with van der Waals surface area (Å²) in [6.07, 6.45) is 0. The van der Waals surface area contributed by atoms with Crippen LogP contribution in [0.3, 0.4) is 0 Å². The molecule has 0 atom stereocenters. The third kappa shape index (κ3) is 5.27. The van der Waals surface area contributed by atoms with Crippen LogP contribution in [0.15, 0.2) is 41.3 Å². The van der Waals surface area contributed by atoms with E-state index in [0.717, 1.165) is 5.56 Å². The van der Waals surface area contributed by atoms with Crippen LogP contribution in [-0.2, 0) is 25.6 Å². The molecule has 2 aromatic carbocycles. The Morgan fingerprint density at radius 3 is 2.04 bits per heavy atom. The number of sulfonamides is 1. The maximum atomic E-state index is 12.5. The normalized spacial score (nSPS) is 12.0. The van der Waals surface area contributed by atoms with Gasteiger partial charge >= 0.3 is 5.88 Å². The number of rotatable bonds is 7. The van der Waals surface area contributed by atoms with Gasteiger partial charge in [-0.15, -0.1) is 0 Å². The molecule has 1 N–H and O–H groups in total. The average molecular weight is 412 g/mol. The summed E-state index contributed by atoms with van der Waals surface area (Å²) in [4.78, 5) is 9.54. The zero-order valence-electron chi connectivity index (χ0n) is 15.1. The summed E-state index contributed by atoms with van der Waals surface area (Å²) in [7, 11) is -7.83. The molecule has 0 saturated heterocycles. The Balaban J connectivity index is 2.33. The van der Waals surface area contributed by atoms with E-state index in [-0.39, 0.29) is 27.5 Å². The summed E-state index contributed by atoms with van der Waals surface area (Å²) in [6, 6.07) is 9.81. The number of hydrogen-bond donors (Lipinski definition) is 1. The maximum absolute atomic E-state index is 12.5. The molecule has 0 fully saturated rings. The van der Waals surface area contributed by atoms with Crippen molar-refractivity contribution in [3.8, 4) is 0 Å². The second-order valence-corrected chi connectivity index (χ2v) is 9.92. The standard InChI is InChI=1S/C17H20N2O6S2/c1-12-6-4-5-7-15(12)10-27(24,25)18-16-8-13(2)17(14(3)9-16)26(22,23)11-19(20)21/h4-9,18H,10-11H2,1-3H3. The Hall–Kier alpha value is -2.46. The number of nitrogens with one attached hydrogen (secondary N) is 1. The molecule has 0 unspecified atom stereocenters. The highest BCUT2D eigenvalue weighted by Crippen LogP contribution is 2.26. The van der Waals surface area contributed by atoms with Gasteiger partial charge in [0.05, 0.1) is 10.6 Å². The van der Waals surface area contributed by atoms with Gasteiger partial charge < -0.3 is 0 Å². The highest BCUT2D eigenvalue weighted by atomic mass is 32.2. The molecule has 0 heterocycles. The molecule has 0 aliphatic heterocycles. The molecule has 0 amide bonds. The largest absolute Gasteiger partial charge is 0.305 e. The van der Waals surface area contributed by atoms with Crippen molar-refractivity contribution in [2.24, 2.45) is 0 Å². The topological polar surface area (TPSA) is 123 Å². The van der Waals surface area contributed by atoms with Crippen LogP contribution in [0.25, 0.3) is 0 Å². The Bertz CT molecular complexity index is 1070. The molecule has 0 aliphatic rings. The molecule has 0 spiro atoms. The first-order valence-corrected chi connectivity index (χ1v) is 11.2. The molecule has 2 aromatic rings. The van der Waals surface area contributed by atoms with E-state index in [0.29, 0.717) is 5.56 Å². The average Bonchev–Trinajstić information content (AvgIpc) is 2.46. The van der Waals surface area contributed by atoms with Crippen molar-refractivity contribution < 1.29 is 21.8 Å². The fourth-order valence-electron chi connectivity index (χ4n) is 2.90. The van der Waals surface area contributed by atoms with E-state index in [4.69, 9.17) is 0 Å². The molecule has 10 heteroatoms. The monoisotopic (exact) mass is 412 g/mol. The van der Waals surface area contributed by atoms with Gasteiger partial charge in [-0.25, -0.2) is 16.8 Å². The van der Waals surface area contributed by atoms with Crippen molar-refractivity contribution >= 4 is 25.5 Å². The van der Waals surface area contributed by atoms with Crippen LogP contribution in [0.1, 0.15) is 22.3 Å². The summed E-state index contributed by atoms with van der Waals surface area (Å²) >= 11 is 0. The van der Waals surface area contributed by atoms with Gasteiger partial charge in [-0.2, -0.15) is 0 Å². The van der Waals surface area contributed by atoms with Crippen LogP contribution in [-0.4, -0.2) is 27.6 Å². The van der Waals surface area contributed by atoms with E-state index >= 15 is 0 Å². The highest BCUT2D eigenvalue weighted by molar-refractivity contribution is 7.92. The predicted molar refractivity (Wildman–Crippen MR) is 102 cm³/mol. The van der Waals surface area contributed by atoms with E-state index in [1.807, 2.05) is 19.1 Å². The van der Waals surface area contributed by atoms with E-state index in [9.17, 15) is 26.9 Å². The summed E-state index contributed by atoms with van der Waals surface area (Å²) < 4.78 is 51.7. The molecule has 2 rings (SSSR count). The quantitative estimate of drug-likeness (QED) is 0.551. The number of hydrogen-bond acceptors (Lipinski definition) is 6. The summed E-state index contributed by atoms with van der Waals surface area (Å²) in [6.45, 7) is 4.76. The Morgan fingerprint density at radius 1 is 0.963 bits per heavy atom. The molecule has 0 aromatic heterocycles. The van der Waals surface area contributed by atoms with E-state index < -0.39 is 30.7 Å². The Labute approximate surface area is 158 Å². The van der Waals surface area contributed by atoms with Crippen molar-refractivity contribution in [2.75, 3.05) is 10.6 Å². The lowest BCUT2D eigenvalue weighted by atomic mass is 10.1. The van der Waals surface area contributed by atoms with Crippen LogP contribution in [0.2, 0.25) is 0 Å². The first kappa shape index (κ1) is 20.8. The minimum atomic E-state index is -4.11. The molecule has 146 valence electrons. The molecule has 0 saturated carbocycles. The number of aryl methyl sites for hydroxylation is 3. The zero-order chi connectivity index (χ0) is 20.4. The third-order valence-corrected chi connectivity index (χ3v) is 6.98. The van der Waals surface area contributed by atoms with Crippen LogP contribution in [0.4, 0.5) is 5.69 Å². The Kier molecular flexibility index (Phi) is 5.91. The van der Waals surface area contributed by atoms with Gasteiger partial charge in [-0.05, 0) is 55.2 Å². The molecular weight excluding hydrogens is 392 g/mol. The van der Waals surface area contributed by atoms with Gasteiger partial charge in [0.1, 0.15) is 0 Å². The number of benzene rings is 2. The van der Waals surface area contributed by atoms with Gasteiger partial charge in [0.15, 0.2) is 0 Å². The molecular formula is C17H20N2O6S2. The molecule has 0 radical (unpaired) electrons. The van der Waals surface area contributed by atoms with Gasteiger partial charge in [-0.1, -0.05) is 24.3 Å². The molecule has 27 heavy (non-hydrogen) atoms. The van der Waals surface area contributed by atoms with Gasteiger partial charge in [0.25, 0.3) is 0 Å². The minimum Gasteiger partial charge on any atom is -0.283 e. The van der Waals surface area contributed by atoms with Crippen LogP contribution >= 0.6 is 0 Å². The van der Waals surface area contributed by atoms with Crippen molar-refractivity contribution in [1.29, 1.82) is 0 Å². The second-order valence-electron chi connectivity index (χ2n) is 6.30. The minimum absolute atomic E-state index is 0.152. The van der Waals surface area contributed by atoms with Crippen molar-refractivity contribution in [2.45, 2.75) is 31.4 Å². The molecule has 8 nitrogen and oxygen atoms in total. The number of sulfone groups is 1. The van der Waals surface area contributed by atoms with Crippen molar-refractivity contribution in [1.82, 2.24) is 0 Å². The van der Waals surface area contributed by atoms with Crippen LogP contribution in [0.5, 0.6) is 0 Å². The fourth-order valence-corrected chi connectivity index (χ4v) is 5.68. The third-order valence-electron chi connectivity index (χ3n) is 3.93. The highest BCUT2D eigenvalue weighted by Gasteiger charge is 2.26. The lowest BCUT2D eigenvalue weighted by Gasteiger charge is -2.14. The SMILES string of the molecule is Cc1ccccc1CS(=O)(=O)Nc1cc(C)c(S(=O)(=O)C[N+](=O)[O-])c(C)c1. The van der Waals surface area contributed by atoms with Crippen LogP contribution < -0.4 is 4.72 Å². The number of nitro groups is 1. The molecule has 0 bridgehead atoms. The Morgan fingerprint density at radius 2 is 1.52 bits per heavy atom. The van der Waals surface area contributed by atoms with Gasteiger partial charge in [0.2, 0.25) is 19.9 Å². The van der Waals surface area contributed by atoms with Crippen molar-refractivity contribution in [3.63, 3.8) is 0 Å². The summed E-state index contributed by atoms with van der Waals surface area (Å²) in [5, 5.41) is 10.6.